The minimum atomic E-state index is -0.816. The first kappa shape index (κ1) is 23.2. The summed E-state index contributed by atoms with van der Waals surface area (Å²) in [6.07, 6.45) is -0.892. The quantitative estimate of drug-likeness (QED) is 0.627. The fraction of sp³-hybridized carbons (Fsp3) is 0.348. The number of nitriles is 1. The van der Waals surface area contributed by atoms with Crippen molar-refractivity contribution in [2.45, 2.75) is 52.7 Å². The molecule has 1 aliphatic rings. The maximum Gasteiger partial charge on any atom is 0.331 e. The predicted molar refractivity (Wildman–Crippen MR) is 122 cm³/mol. The molecule has 8 nitrogen and oxygen atoms in total. The van der Waals surface area contributed by atoms with Crippen LogP contribution in [0.1, 0.15) is 38.8 Å². The number of hydrogen-bond donors (Lipinski definition) is 2. The van der Waals surface area contributed by atoms with E-state index in [0.717, 1.165) is 5.56 Å². The molecule has 3 rings (SSSR count). The number of hydrogen-bond acceptors (Lipinski definition) is 5. The van der Waals surface area contributed by atoms with Crippen LogP contribution in [0, 0.1) is 11.3 Å². The fourth-order valence-corrected chi connectivity index (χ4v) is 3.46. The highest BCUT2D eigenvalue weighted by atomic mass is 35.5. The summed E-state index contributed by atoms with van der Waals surface area (Å²) in [5.41, 5.74) is 1.77. The van der Waals surface area contributed by atoms with Crippen molar-refractivity contribution in [3.05, 3.63) is 58.6 Å². The number of amides is 4. The molecule has 32 heavy (non-hydrogen) atoms. The second-order valence-corrected chi connectivity index (χ2v) is 8.42. The van der Waals surface area contributed by atoms with Gasteiger partial charge in [0.1, 0.15) is 11.8 Å². The Bertz CT molecular complexity index is 1030. The van der Waals surface area contributed by atoms with Crippen molar-refractivity contribution in [2.75, 3.05) is 5.32 Å². The van der Waals surface area contributed by atoms with Gasteiger partial charge in [0.25, 0.3) is 0 Å². The third kappa shape index (κ3) is 5.24. The molecule has 4 amide bonds. The highest BCUT2D eigenvalue weighted by Crippen LogP contribution is 2.25. The lowest BCUT2D eigenvalue weighted by molar-refractivity contribution is 0.0975. The van der Waals surface area contributed by atoms with E-state index in [4.69, 9.17) is 16.3 Å². The molecule has 1 atom stereocenters. The van der Waals surface area contributed by atoms with Gasteiger partial charge in [-0.25, -0.2) is 14.5 Å². The average Bonchev–Trinajstić information content (AvgIpc) is 2.72. The highest BCUT2D eigenvalue weighted by Gasteiger charge is 2.39. The van der Waals surface area contributed by atoms with E-state index in [0.29, 0.717) is 22.0 Å². The van der Waals surface area contributed by atoms with Crippen molar-refractivity contribution in [1.82, 2.24) is 15.1 Å². The van der Waals surface area contributed by atoms with Crippen LogP contribution >= 0.6 is 11.6 Å². The number of benzene rings is 2. The summed E-state index contributed by atoms with van der Waals surface area (Å²) in [5.74, 6) is 0.473. The monoisotopic (exact) mass is 455 g/mol. The van der Waals surface area contributed by atoms with Gasteiger partial charge >= 0.3 is 12.1 Å². The molecule has 1 heterocycles. The van der Waals surface area contributed by atoms with Gasteiger partial charge < -0.3 is 10.1 Å². The molecular weight excluding hydrogens is 430 g/mol. The Morgan fingerprint density at radius 1 is 1.16 bits per heavy atom. The van der Waals surface area contributed by atoms with Crippen molar-refractivity contribution < 1.29 is 14.3 Å². The maximum atomic E-state index is 13.2. The average molecular weight is 456 g/mol. The number of rotatable bonds is 7. The van der Waals surface area contributed by atoms with Crippen LogP contribution in [0.25, 0.3) is 0 Å². The third-order valence-electron chi connectivity index (χ3n) is 4.79. The van der Waals surface area contributed by atoms with Crippen LogP contribution in [-0.2, 0) is 6.54 Å². The molecular formula is C23H26ClN5O3. The smallest absolute Gasteiger partial charge is 0.331 e. The lowest BCUT2D eigenvalue weighted by Gasteiger charge is -2.42. The molecule has 0 bridgehead atoms. The van der Waals surface area contributed by atoms with Crippen LogP contribution in [0.5, 0.6) is 5.75 Å². The maximum absolute atomic E-state index is 13.2. The van der Waals surface area contributed by atoms with Gasteiger partial charge in [-0.3, -0.25) is 10.2 Å². The molecule has 1 aliphatic heterocycles. The van der Waals surface area contributed by atoms with Crippen LogP contribution in [0.4, 0.5) is 15.3 Å². The Kier molecular flexibility index (Phi) is 7.11. The summed E-state index contributed by atoms with van der Waals surface area (Å²) in [7, 11) is 0. The molecule has 0 spiro atoms. The van der Waals surface area contributed by atoms with E-state index >= 15 is 0 Å². The van der Waals surface area contributed by atoms with Crippen LogP contribution in [0.3, 0.4) is 0 Å². The van der Waals surface area contributed by atoms with Crippen molar-refractivity contribution in [1.29, 1.82) is 5.26 Å². The van der Waals surface area contributed by atoms with Gasteiger partial charge in [-0.2, -0.15) is 5.26 Å². The Balaban J connectivity index is 1.89. The van der Waals surface area contributed by atoms with E-state index in [1.165, 1.54) is 9.80 Å². The summed E-state index contributed by atoms with van der Waals surface area (Å²) in [4.78, 5) is 28.5. The number of carbonyl (C=O) groups excluding carboxylic acids is 2. The van der Waals surface area contributed by atoms with Crippen LogP contribution in [0.15, 0.2) is 42.5 Å². The first-order chi connectivity index (χ1) is 15.2. The van der Waals surface area contributed by atoms with E-state index in [9.17, 15) is 14.9 Å². The number of carbonyl (C=O) groups is 2. The summed E-state index contributed by atoms with van der Waals surface area (Å²) < 4.78 is 5.66. The number of imide groups is 1. The molecule has 0 saturated carbocycles. The van der Waals surface area contributed by atoms with Crippen LogP contribution in [0.2, 0.25) is 5.02 Å². The first-order valence-corrected chi connectivity index (χ1v) is 10.7. The number of nitrogens with zero attached hydrogens (tertiary/aromatic N) is 3. The van der Waals surface area contributed by atoms with E-state index < -0.39 is 18.4 Å². The minimum absolute atomic E-state index is 0.0759. The zero-order valence-electron chi connectivity index (χ0n) is 18.4. The van der Waals surface area contributed by atoms with Gasteiger partial charge in [0.15, 0.2) is 6.29 Å². The van der Waals surface area contributed by atoms with E-state index in [1.54, 1.807) is 44.2 Å². The Hall–Kier alpha value is -3.44. The lowest BCUT2D eigenvalue weighted by atomic mass is 10.2. The van der Waals surface area contributed by atoms with Crippen molar-refractivity contribution in [2.24, 2.45) is 0 Å². The Labute approximate surface area is 192 Å². The third-order valence-corrected chi connectivity index (χ3v) is 5.04. The van der Waals surface area contributed by atoms with Crippen molar-refractivity contribution in [3.63, 3.8) is 0 Å². The predicted octanol–water partition coefficient (Wildman–Crippen LogP) is 4.75. The molecule has 2 aromatic carbocycles. The van der Waals surface area contributed by atoms with Gasteiger partial charge in [0.05, 0.1) is 18.2 Å². The zero-order chi connectivity index (χ0) is 23.4. The van der Waals surface area contributed by atoms with Gasteiger partial charge in [-0.15, -0.1) is 0 Å². The normalized spacial score (nSPS) is 16.2. The topological polar surface area (TPSA) is 97.7 Å². The first-order valence-electron chi connectivity index (χ1n) is 10.3. The van der Waals surface area contributed by atoms with Gasteiger partial charge in [0, 0.05) is 16.8 Å². The van der Waals surface area contributed by atoms with E-state index in [-0.39, 0.29) is 18.7 Å². The summed E-state index contributed by atoms with van der Waals surface area (Å²) in [6.45, 7) is 7.56. The number of anilines is 1. The van der Waals surface area contributed by atoms with Crippen molar-refractivity contribution in [3.8, 4) is 11.8 Å². The SMILES string of the molecule is CC(C)Oc1ccc(NC2NC(=O)N(C(C)C)C(=O)N2Cc2ccc(Cl)cc2)cc1C#N. The van der Waals surface area contributed by atoms with Crippen LogP contribution in [-0.4, -0.2) is 40.3 Å². The summed E-state index contributed by atoms with van der Waals surface area (Å²) >= 11 is 5.98. The fourth-order valence-electron chi connectivity index (χ4n) is 3.34. The zero-order valence-corrected chi connectivity index (χ0v) is 19.2. The molecule has 1 fully saturated rings. The van der Waals surface area contributed by atoms with E-state index in [1.807, 2.05) is 26.0 Å². The molecule has 0 aliphatic carbocycles. The Morgan fingerprint density at radius 3 is 2.44 bits per heavy atom. The number of nitrogens with one attached hydrogen (secondary N) is 2. The van der Waals surface area contributed by atoms with E-state index in [2.05, 4.69) is 16.7 Å². The molecule has 2 aromatic rings. The second-order valence-electron chi connectivity index (χ2n) is 7.99. The molecule has 0 radical (unpaired) electrons. The molecule has 2 N–H and O–H groups in total. The molecule has 168 valence electrons. The Morgan fingerprint density at radius 2 is 1.84 bits per heavy atom. The van der Waals surface area contributed by atoms with Crippen molar-refractivity contribution >= 4 is 29.4 Å². The van der Waals surface area contributed by atoms with Gasteiger partial charge in [0.2, 0.25) is 0 Å². The number of halogens is 1. The van der Waals surface area contributed by atoms with Gasteiger partial charge in [-0.05, 0) is 63.6 Å². The number of ether oxygens (including phenoxy) is 1. The highest BCUT2D eigenvalue weighted by molar-refractivity contribution is 6.30. The second kappa shape index (κ2) is 9.79. The van der Waals surface area contributed by atoms with Crippen LogP contribution < -0.4 is 15.4 Å². The minimum Gasteiger partial charge on any atom is -0.490 e. The molecule has 1 saturated heterocycles. The number of urea groups is 2. The largest absolute Gasteiger partial charge is 0.490 e. The lowest BCUT2D eigenvalue weighted by Crippen LogP contribution is -2.68. The molecule has 0 aromatic heterocycles. The standard InChI is InChI=1S/C23H26ClN5O3/c1-14(2)29-22(30)27-21(28(23(29)31)13-16-5-7-18(24)8-6-16)26-19-9-10-20(32-15(3)4)17(11-19)12-25/h5-11,14-15,21,26H,13H2,1-4H3,(H,27,30). The van der Waals surface area contributed by atoms with Gasteiger partial charge in [-0.1, -0.05) is 23.7 Å². The molecule has 9 heteroatoms. The summed E-state index contributed by atoms with van der Waals surface area (Å²) in [5, 5.41) is 16.1. The summed E-state index contributed by atoms with van der Waals surface area (Å²) in [6, 6.07) is 13.1. The molecule has 1 unspecified atom stereocenters.